The van der Waals surface area contributed by atoms with Gasteiger partial charge in [-0.2, -0.15) is 0 Å². The van der Waals surface area contributed by atoms with E-state index in [1.807, 2.05) is 18.2 Å². The van der Waals surface area contributed by atoms with E-state index in [2.05, 4.69) is 6.92 Å². The first-order valence-electron chi connectivity index (χ1n) is 7.21. The Kier molecular flexibility index (Phi) is 5.12. The van der Waals surface area contributed by atoms with Crippen LogP contribution in [-0.2, 0) is 0 Å². The van der Waals surface area contributed by atoms with Gasteiger partial charge < -0.3 is 10.5 Å². The average Bonchev–Trinajstić information content (AvgIpc) is 2.42. The van der Waals surface area contributed by atoms with Gasteiger partial charge in [-0.1, -0.05) is 37.8 Å². The van der Waals surface area contributed by atoms with Crippen molar-refractivity contribution < 1.29 is 4.74 Å². The third-order valence-corrected chi connectivity index (χ3v) is 4.77. The van der Waals surface area contributed by atoms with Gasteiger partial charge >= 0.3 is 0 Å². The Morgan fingerprint density at radius 1 is 1.37 bits per heavy atom. The molecule has 1 aliphatic rings. The van der Waals surface area contributed by atoms with E-state index < -0.39 is 0 Å². The number of benzene rings is 1. The van der Waals surface area contributed by atoms with Gasteiger partial charge in [0.25, 0.3) is 0 Å². The van der Waals surface area contributed by atoms with Crippen LogP contribution in [0.5, 0.6) is 5.75 Å². The molecule has 0 heterocycles. The van der Waals surface area contributed by atoms with Crippen LogP contribution in [0.2, 0.25) is 5.02 Å². The molecule has 1 aromatic rings. The van der Waals surface area contributed by atoms with Gasteiger partial charge in [0.2, 0.25) is 0 Å². The quantitative estimate of drug-likeness (QED) is 0.897. The molecule has 0 aromatic heterocycles. The Labute approximate surface area is 121 Å². The van der Waals surface area contributed by atoms with Gasteiger partial charge in [0.15, 0.2) is 0 Å². The predicted molar refractivity (Wildman–Crippen MR) is 80.9 cm³/mol. The van der Waals surface area contributed by atoms with Crippen LogP contribution in [0.1, 0.15) is 44.1 Å². The van der Waals surface area contributed by atoms with E-state index in [1.54, 1.807) is 7.11 Å². The monoisotopic (exact) mass is 281 g/mol. The van der Waals surface area contributed by atoms with Crippen molar-refractivity contribution >= 4 is 11.6 Å². The highest BCUT2D eigenvalue weighted by atomic mass is 35.5. The summed E-state index contributed by atoms with van der Waals surface area (Å²) in [6.07, 6.45) is 5.23. The molecule has 3 unspecified atom stereocenters. The third-order valence-electron chi connectivity index (χ3n) is 4.54. The van der Waals surface area contributed by atoms with Gasteiger partial charge in [0.05, 0.1) is 7.11 Å². The molecule has 0 spiro atoms. The summed E-state index contributed by atoms with van der Waals surface area (Å²) in [5.74, 6) is 2.64. The predicted octanol–water partition coefficient (Wildman–Crippen LogP) is 4.22. The van der Waals surface area contributed by atoms with Gasteiger partial charge in [-0.25, -0.2) is 0 Å². The molecular formula is C16H24ClNO. The SMILES string of the molecule is COc1ccc(Cl)cc1C(CN)C1CCCCC1C. The molecule has 106 valence electrons. The molecule has 1 aromatic carbocycles. The van der Waals surface area contributed by atoms with Gasteiger partial charge in [0, 0.05) is 16.5 Å². The fourth-order valence-electron chi connectivity index (χ4n) is 3.47. The van der Waals surface area contributed by atoms with Crippen molar-refractivity contribution in [2.24, 2.45) is 17.6 Å². The minimum absolute atomic E-state index is 0.351. The van der Waals surface area contributed by atoms with E-state index in [0.717, 1.165) is 16.7 Å². The van der Waals surface area contributed by atoms with Crippen molar-refractivity contribution in [1.29, 1.82) is 0 Å². The van der Waals surface area contributed by atoms with Crippen molar-refractivity contribution in [3.8, 4) is 5.75 Å². The summed E-state index contributed by atoms with van der Waals surface area (Å²) in [6, 6.07) is 5.86. The second kappa shape index (κ2) is 6.62. The molecule has 0 bridgehead atoms. The van der Waals surface area contributed by atoms with E-state index >= 15 is 0 Å². The molecule has 2 nitrogen and oxygen atoms in total. The molecule has 2 N–H and O–H groups in total. The highest BCUT2D eigenvalue weighted by molar-refractivity contribution is 6.30. The van der Waals surface area contributed by atoms with Gasteiger partial charge in [-0.05, 0) is 43.0 Å². The van der Waals surface area contributed by atoms with Crippen molar-refractivity contribution in [3.63, 3.8) is 0 Å². The molecule has 0 radical (unpaired) electrons. The highest BCUT2D eigenvalue weighted by Crippen LogP contribution is 2.42. The molecule has 0 saturated heterocycles. The fourth-order valence-corrected chi connectivity index (χ4v) is 3.65. The van der Waals surface area contributed by atoms with Crippen LogP contribution in [-0.4, -0.2) is 13.7 Å². The van der Waals surface area contributed by atoms with Crippen LogP contribution >= 0.6 is 11.6 Å². The maximum absolute atomic E-state index is 6.15. The number of hydrogen-bond donors (Lipinski definition) is 1. The van der Waals surface area contributed by atoms with Crippen molar-refractivity contribution in [1.82, 2.24) is 0 Å². The molecule has 0 aliphatic heterocycles. The molecule has 19 heavy (non-hydrogen) atoms. The Morgan fingerprint density at radius 3 is 2.74 bits per heavy atom. The summed E-state index contributed by atoms with van der Waals surface area (Å²) in [5, 5.41) is 0.762. The first-order valence-corrected chi connectivity index (χ1v) is 7.58. The maximum Gasteiger partial charge on any atom is 0.122 e. The topological polar surface area (TPSA) is 35.2 Å². The minimum atomic E-state index is 0.351. The number of halogens is 1. The lowest BCUT2D eigenvalue weighted by molar-refractivity contribution is 0.216. The molecule has 2 rings (SSSR count). The van der Waals surface area contributed by atoms with Crippen molar-refractivity contribution in [2.75, 3.05) is 13.7 Å². The van der Waals surface area contributed by atoms with Crippen molar-refractivity contribution in [2.45, 2.75) is 38.5 Å². The van der Waals surface area contributed by atoms with Gasteiger partial charge in [0.1, 0.15) is 5.75 Å². The molecule has 1 saturated carbocycles. The van der Waals surface area contributed by atoms with Crippen LogP contribution in [0, 0.1) is 11.8 Å². The van der Waals surface area contributed by atoms with Crippen molar-refractivity contribution in [3.05, 3.63) is 28.8 Å². The van der Waals surface area contributed by atoms with Crippen LogP contribution < -0.4 is 10.5 Å². The zero-order valence-corrected chi connectivity index (χ0v) is 12.6. The van der Waals surface area contributed by atoms with E-state index in [-0.39, 0.29) is 0 Å². The molecular weight excluding hydrogens is 258 g/mol. The second-order valence-electron chi connectivity index (χ2n) is 5.65. The molecule has 1 fully saturated rings. The number of hydrogen-bond acceptors (Lipinski definition) is 2. The molecule has 3 heteroatoms. The van der Waals surface area contributed by atoms with Crippen LogP contribution in [0.3, 0.4) is 0 Å². The van der Waals surface area contributed by atoms with Crippen LogP contribution in [0.15, 0.2) is 18.2 Å². The van der Waals surface area contributed by atoms with E-state index in [0.29, 0.717) is 18.4 Å². The summed E-state index contributed by atoms with van der Waals surface area (Å²) < 4.78 is 5.49. The standard InChI is InChI=1S/C16H24ClNO/c1-11-5-3-4-6-13(11)15(10-18)14-9-12(17)7-8-16(14)19-2/h7-9,11,13,15H,3-6,10,18H2,1-2H3. The highest BCUT2D eigenvalue weighted by Gasteiger charge is 2.31. The van der Waals surface area contributed by atoms with E-state index in [1.165, 1.54) is 31.2 Å². The Morgan fingerprint density at radius 2 is 2.11 bits per heavy atom. The lowest BCUT2D eigenvalue weighted by Gasteiger charge is -2.35. The van der Waals surface area contributed by atoms with Crippen LogP contribution in [0.4, 0.5) is 0 Å². The molecule has 0 amide bonds. The number of nitrogens with two attached hydrogens (primary N) is 1. The first kappa shape index (κ1) is 14.7. The largest absolute Gasteiger partial charge is 0.496 e. The Balaban J connectivity index is 2.32. The van der Waals surface area contributed by atoms with Gasteiger partial charge in [-0.15, -0.1) is 0 Å². The second-order valence-corrected chi connectivity index (χ2v) is 6.09. The number of ether oxygens (including phenoxy) is 1. The fraction of sp³-hybridized carbons (Fsp3) is 0.625. The summed E-state index contributed by atoms with van der Waals surface area (Å²) in [4.78, 5) is 0. The first-order chi connectivity index (χ1) is 9.17. The summed E-state index contributed by atoms with van der Waals surface area (Å²) in [5.41, 5.74) is 7.25. The summed E-state index contributed by atoms with van der Waals surface area (Å²) >= 11 is 6.15. The molecule has 1 aliphatic carbocycles. The smallest absolute Gasteiger partial charge is 0.122 e. The molecule has 3 atom stereocenters. The zero-order chi connectivity index (χ0) is 13.8. The minimum Gasteiger partial charge on any atom is -0.496 e. The number of rotatable bonds is 4. The zero-order valence-electron chi connectivity index (χ0n) is 11.9. The normalized spacial score (nSPS) is 25.1. The summed E-state index contributed by atoms with van der Waals surface area (Å²) in [6.45, 7) is 3.01. The Hall–Kier alpha value is -0.730. The lowest BCUT2D eigenvalue weighted by Crippen LogP contribution is -2.29. The third kappa shape index (κ3) is 3.24. The number of methoxy groups -OCH3 is 1. The van der Waals surface area contributed by atoms with E-state index in [4.69, 9.17) is 22.1 Å². The maximum atomic E-state index is 6.15. The van der Waals surface area contributed by atoms with E-state index in [9.17, 15) is 0 Å². The van der Waals surface area contributed by atoms with Crippen LogP contribution in [0.25, 0.3) is 0 Å². The van der Waals surface area contributed by atoms with Gasteiger partial charge in [-0.3, -0.25) is 0 Å². The Bertz CT molecular complexity index is 421. The summed E-state index contributed by atoms with van der Waals surface area (Å²) in [7, 11) is 1.71. The lowest BCUT2D eigenvalue weighted by atomic mass is 9.71. The average molecular weight is 282 g/mol.